The van der Waals surface area contributed by atoms with Gasteiger partial charge in [0, 0.05) is 6.08 Å². The molecule has 0 radical (unpaired) electrons. The molecule has 0 aliphatic rings. The van der Waals surface area contributed by atoms with Crippen molar-refractivity contribution < 1.29 is 9.53 Å². The molecule has 14 heavy (non-hydrogen) atoms. The molecule has 0 fully saturated rings. The van der Waals surface area contributed by atoms with E-state index < -0.39 is 0 Å². The highest BCUT2D eigenvalue weighted by atomic mass is 32.1. The van der Waals surface area contributed by atoms with Crippen LogP contribution in [0.15, 0.2) is 36.4 Å². The third-order valence-corrected chi connectivity index (χ3v) is 1.60. The van der Waals surface area contributed by atoms with E-state index in [4.69, 9.17) is 4.74 Å². The first-order valence-corrected chi connectivity index (χ1v) is 4.82. The summed E-state index contributed by atoms with van der Waals surface area (Å²) in [6.45, 7) is 1.69. The van der Waals surface area contributed by atoms with Crippen LogP contribution in [-0.2, 0) is 9.53 Å². The quantitative estimate of drug-likeness (QED) is 0.357. The summed E-state index contributed by atoms with van der Waals surface area (Å²) in [6, 6.07) is 9.56. The lowest BCUT2D eigenvalue weighted by Gasteiger charge is -2.02. The lowest BCUT2D eigenvalue weighted by atomic mass is 10.2. The number of thiol groups is 1. The molecule has 0 saturated heterocycles. The number of ether oxygens (including phenoxy) is 1. The minimum atomic E-state index is -0.378. The lowest BCUT2D eigenvalue weighted by Crippen LogP contribution is -2.05. The van der Waals surface area contributed by atoms with Crippen molar-refractivity contribution in [3.05, 3.63) is 42.0 Å². The average molecular weight is 208 g/mol. The maximum Gasteiger partial charge on any atom is 0.331 e. The maximum absolute atomic E-state index is 11.1. The van der Waals surface area contributed by atoms with E-state index in [1.807, 2.05) is 30.3 Å². The van der Waals surface area contributed by atoms with Crippen molar-refractivity contribution in [1.29, 1.82) is 0 Å². The molecule has 0 aliphatic heterocycles. The minimum absolute atomic E-state index is 0.372. The van der Waals surface area contributed by atoms with Gasteiger partial charge in [-0.05, 0) is 18.6 Å². The van der Waals surface area contributed by atoms with Gasteiger partial charge in [-0.25, -0.2) is 4.79 Å². The van der Waals surface area contributed by atoms with Gasteiger partial charge in [0.15, 0.2) is 0 Å². The first-order chi connectivity index (χ1) is 6.68. The Bertz CT molecular complexity index is 317. The number of benzene rings is 1. The Morgan fingerprint density at radius 3 is 2.64 bits per heavy atom. The molecule has 1 rings (SSSR count). The first kappa shape index (κ1) is 10.9. The normalized spacial score (nSPS) is 12.7. The fourth-order valence-corrected chi connectivity index (χ4v) is 1.04. The summed E-state index contributed by atoms with van der Waals surface area (Å²) in [5, 5.41) is 0. The molecule has 0 saturated carbocycles. The molecule has 0 heterocycles. The van der Waals surface area contributed by atoms with Crippen LogP contribution in [0.25, 0.3) is 6.08 Å². The van der Waals surface area contributed by atoms with Gasteiger partial charge in [0.05, 0.1) is 0 Å². The predicted molar refractivity (Wildman–Crippen MR) is 60.0 cm³/mol. The molecule has 0 amide bonds. The number of hydrogen-bond acceptors (Lipinski definition) is 3. The summed E-state index contributed by atoms with van der Waals surface area (Å²) in [5.74, 6) is -0.378. The van der Waals surface area contributed by atoms with Gasteiger partial charge in [0.1, 0.15) is 5.44 Å². The van der Waals surface area contributed by atoms with Gasteiger partial charge >= 0.3 is 5.97 Å². The molecule has 1 unspecified atom stereocenters. The predicted octanol–water partition coefficient (Wildman–Crippen LogP) is 2.52. The Balaban J connectivity index is 2.52. The molecule has 74 valence electrons. The Labute approximate surface area is 89.0 Å². The van der Waals surface area contributed by atoms with Gasteiger partial charge < -0.3 is 4.74 Å². The largest absolute Gasteiger partial charge is 0.449 e. The molecular weight excluding hydrogens is 196 g/mol. The highest BCUT2D eigenvalue weighted by Gasteiger charge is 1.99. The fourth-order valence-electron chi connectivity index (χ4n) is 0.936. The van der Waals surface area contributed by atoms with Crippen molar-refractivity contribution in [1.82, 2.24) is 0 Å². The zero-order valence-corrected chi connectivity index (χ0v) is 8.78. The smallest absolute Gasteiger partial charge is 0.331 e. The van der Waals surface area contributed by atoms with Gasteiger partial charge in [-0.1, -0.05) is 30.3 Å². The van der Waals surface area contributed by atoms with Crippen LogP contribution in [0.2, 0.25) is 0 Å². The Hall–Kier alpha value is -1.22. The van der Waals surface area contributed by atoms with E-state index in [-0.39, 0.29) is 11.4 Å². The van der Waals surface area contributed by atoms with Crippen LogP contribution in [-0.4, -0.2) is 11.4 Å². The van der Waals surface area contributed by atoms with Gasteiger partial charge in [0.2, 0.25) is 0 Å². The van der Waals surface area contributed by atoms with E-state index in [1.165, 1.54) is 6.08 Å². The molecule has 0 N–H and O–H groups in total. The summed E-state index contributed by atoms with van der Waals surface area (Å²) in [5.41, 5.74) is 0.596. The Kier molecular flexibility index (Phi) is 4.26. The molecule has 1 aromatic carbocycles. The van der Waals surface area contributed by atoms with Gasteiger partial charge in [-0.15, -0.1) is 12.6 Å². The second kappa shape index (κ2) is 5.50. The van der Waals surface area contributed by atoms with Crippen molar-refractivity contribution in [2.75, 3.05) is 0 Å². The third-order valence-electron chi connectivity index (χ3n) is 1.50. The van der Waals surface area contributed by atoms with Gasteiger partial charge in [-0.3, -0.25) is 0 Å². The third kappa shape index (κ3) is 4.14. The van der Waals surface area contributed by atoms with E-state index in [1.54, 1.807) is 13.0 Å². The summed E-state index contributed by atoms with van der Waals surface area (Å²) in [6.07, 6.45) is 3.10. The van der Waals surface area contributed by atoms with Gasteiger partial charge in [-0.2, -0.15) is 0 Å². The van der Waals surface area contributed by atoms with Crippen molar-refractivity contribution in [3.8, 4) is 0 Å². The van der Waals surface area contributed by atoms with Crippen molar-refractivity contribution in [2.45, 2.75) is 12.4 Å². The summed E-state index contributed by atoms with van der Waals surface area (Å²) >= 11 is 3.94. The molecule has 1 atom stereocenters. The van der Waals surface area contributed by atoms with E-state index in [0.717, 1.165) is 5.56 Å². The number of rotatable bonds is 3. The molecule has 0 spiro atoms. The molecular formula is C11H12O2S. The number of carbonyl (C=O) groups is 1. The average Bonchev–Trinajstić information content (AvgIpc) is 2.15. The zero-order valence-electron chi connectivity index (χ0n) is 7.88. The van der Waals surface area contributed by atoms with Gasteiger partial charge in [0.25, 0.3) is 0 Å². The summed E-state index contributed by atoms with van der Waals surface area (Å²) in [7, 11) is 0. The second-order valence-corrected chi connectivity index (χ2v) is 3.51. The first-order valence-electron chi connectivity index (χ1n) is 4.30. The molecule has 1 aromatic rings. The van der Waals surface area contributed by atoms with E-state index in [9.17, 15) is 4.79 Å². The summed E-state index contributed by atoms with van der Waals surface area (Å²) < 4.78 is 4.81. The number of esters is 1. The van der Waals surface area contributed by atoms with Crippen LogP contribution in [0.1, 0.15) is 12.5 Å². The fraction of sp³-hybridized carbons (Fsp3) is 0.182. The molecule has 3 heteroatoms. The van der Waals surface area contributed by atoms with Crippen LogP contribution in [0.3, 0.4) is 0 Å². The minimum Gasteiger partial charge on any atom is -0.449 e. The molecule has 0 aromatic heterocycles. The monoisotopic (exact) mass is 208 g/mol. The van der Waals surface area contributed by atoms with E-state index in [0.29, 0.717) is 0 Å². The second-order valence-electron chi connectivity index (χ2n) is 2.78. The highest BCUT2D eigenvalue weighted by Crippen LogP contribution is 2.02. The van der Waals surface area contributed by atoms with Crippen LogP contribution in [0, 0.1) is 0 Å². The van der Waals surface area contributed by atoms with Crippen LogP contribution < -0.4 is 0 Å². The maximum atomic E-state index is 11.1. The van der Waals surface area contributed by atoms with Crippen molar-refractivity contribution in [2.24, 2.45) is 0 Å². The van der Waals surface area contributed by atoms with E-state index in [2.05, 4.69) is 12.6 Å². The lowest BCUT2D eigenvalue weighted by molar-refractivity contribution is -0.138. The van der Waals surface area contributed by atoms with Crippen molar-refractivity contribution in [3.63, 3.8) is 0 Å². The summed E-state index contributed by atoms with van der Waals surface area (Å²) in [4.78, 5) is 11.1. The number of hydrogen-bond donors (Lipinski definition) is 1. The van der Waals surface area contributed by atoms with Crippen molar-refractivity contribution >= 4 is 24.7 Å². The van der Waals surface area contributed by atoms with Crippen LogP contribution in [0.5, 0.6) is 0 Å². The Morgan fingerprint density at radius 1 is 1.43 bits per heavy atom. The topological polar surface area (TPSA) is 26.3 Å². The number of carbonyl (C=O) groups excluding carboxylic acids is 1. The molecule has 0 bridgehead atoms. The zero-order chi connectivity index (χ0) is 10.4. The SMILES string of the molecule is CC(S)OC(=O)C=Cc1ccccc1. The Morgan fingerprint density at radius 2 is 2.07 bits per heavy atom. The van der Waals surface area contributed by atoms with E-state index >= 15 is 0 Å². The van der Waals surface area contributed by atoms with Crippen LogP contribution >= 0.6 is 12.6 Å². The standard InChI is InChI=1S/C11H12O2S/c1-9(14)13-11(12)8-7-10-5-3-2-4-6-10/h2-9,14H,1H3. The highest BCUT2D eigenvalue weighted by molar-refractivity contribution is 7.80. The molecule has 0 aliphatic carbocycles. The molecule has 2 nitrogen and oxygen atoms in total. The van der Waals surface area contributed by atoms with Crippen LogP contribution in [0.4, 0.5) is 0 Å².